The minimum atomic E-state index is -1.02. The van der Waals surface area contributed by atoms with Crippen LogP contribution in [-0.4, -0.2) is 23.0 Å². The minimum absolute atomic E-state index is 0.355. The topological polar surface area (TPSA) is 90.2 Å². The van der Waals surface area contributed by atoms with Crippen LogP contribution < -0.4 is 5.32 Å². The molecule has 0 aliphatic carbocycles. The summed E-state index contributed by atoms with van der Waals surface area (Å²) in [5, 5.41) is 20.4. The smallest absolute Gasteiger partial charge is 0.326 e. The van der Waals surface area contributed by atoms with Gasteiger partial charge in [-0.25, -0.2) is 4.79 Å². The van der Waals surface area contributed by atoms with Crippen LogP contribution in [0.15, 0.2) is 24.3 Å². The average Bonchev–Trinajstić information content (AvgIpc) is 2.50. The van der Waals surface area contributed by atoms with Gasteiger partial charge >= 0.3 is 5.97 Å². The van der Waals surface area contributed by atoms with Gasteiger partial charge in [0.1, 0.15) is 6.04 Å². The summed E-state index contributed by atoms with van der Waals surface area (Å²) in [6.45, 7) is 2.08. The number of nitrogens with one attached hydrogen (secondary N) is 1. The third-order valence-corrected chi connectivity index (χ3v) is 3.23. The molecule has 0 heterocycles. The quantitative estimate of drug-likeness (QED) is 0.720. The summed E-state index contributed by atoms with van der Waals surface area (Å²) < 4.78 is 0. The zero-order valence-corrected chi connectivity index (χ0v) is 12.1. The molecular formula is C16H20N2O3. The third kappa shape index (κ3) is 5.65. The van der Waals surface area contributed by atoms with Gasteiger partial charge in [0, 0.05) is 5.56 Å². The second-order valence-electron chi connectivity index (χ2n) is 4.90. The fraction of sp³-hybridized carbons (Fsp3) is 0.438. The number of hydrogen-bond donors (Lipinski definition) is 2. The van der Waals surface area contributed by atoms with E-state index in [0.29, 0.717) is 17.5 Å². The van der Waals surface area contributed by atoms with E-state index in [4.69, 9.17) is 10.4 Å². The van der Waals surface area contributed by atoms with E-state index in [9.17, 15) is 9.59 Å². The lowest BCUT2D eigenvalue weighted by molar-refractivity contribution is -0.139. The fourth-order valence-electron chi connectivity index (χ4n) is 1.97. The van der Waals surface area contributed by atoms with Gasteiger partial charge in [-0.3, -0.25) is 4.79 Å². The average molecular weight is 288 g/mol. The van der Waals surface area contributed by atoms with E-state index in [1.54, 1.807) is 0 Å². The number of aliphatic carboxylic acids is 1. The number of amides is 1. The maximum absolute atomic E-state index is 12.0. The van der Waals surface area contributed by atoms with Crippen LogP contribution in [0.25, 0.3) is 0 Å². The molecular weight excluding hydrogens is 268 g/mol. The van der Waals surface area contributed by atoms with Crippen molar-refractivity contribution in [2.75, 3.05) is 0 Å². The van der Waals surface area contributed by atoms with Crippen LogP contribution in [0.4, 0.5) is 0 Å². The Kier molecular flexibility index (Phi) is 6.96. The van der Waals surface area contributed by atoms with E-state index >= 15 is 0 Å². The first-order valence-electron chi connectivity index (χ1n) is 7.12. The highest BCUT2D eigenvalue weighted by atomic mass is 16.4. The molecule has 5 nitrogen and oxygen atoms in total. The number of nitriles is 1. The van der Waals surface area contributed by atoms with Gasteiger partial charge in [0.25, 0.3) is 5.91 Å². The van der Waals surface area contributed by atoms with E-state index < -0.39 is 17.9 Å². The molecule has 0 bridgehead atoms. The summed E-state index contributed by atoms with van der Waals surface area (Å²) in [6.07, 6.45) is 4.31. The normalized spacial score (nSPS) is 11.4. The van der Waals surface area contributed by atoms with Crippen molar-refractivity contribution in [1.29, 1.82) is 5.26 Å². The number of carbonyl (C=O) groups excluding carboxylic acids is 1. The lowest BCUT2D eigenvalue weighted by Crippen LogP contribution is -2.40. The molecule has 0 spiro atoms. The molecule has 5 heteroatoms. The molecule has 1 rings (SSSR count). The predicted octanol–water partition coefficient (Wildman–Crippen LogP) is 2.71. The lowest BCUT2D eigenvalue weighted by Gasteiger charge is -2.14. The van der Waals surface area contributed by atoms with Gasteiger partial charge in [-0.15, -0.1) is 0 Å². The molecule has 0 saturated carbocycles. The molecule has 1 aromatic rings. The lowest BCUT2D eigenvalue weighted by atomic mass is 10.1. The Hall–Kier alpha value is -2.35. The maximum Gasteiger partial charge on any atom is 0.326 e. The first-order chi connectivity index (χ1) is 10.1. The Bertz CT molecular complexity index is 517. The molecule has 21 heavy (non-hydrogen) atoms. The number of carboxylic acid groups (broad SMARTS) is 1. The molecule has 0 aliphatic rings. The van der Waals surface area contributed by atoms with Crippen LogP contribution >= 0.6 is 0 Å². The van der Waals surface area contributed by atoms with Crippen molar-refractivity contribution in [2.24, 2.45) is 0 Å². The van der Waals surface area contributed by atoms with Crippen LogP contribution in [0.3, 0.4) is 0 Å². The van der Waals surface area contributed by atoms with Crippen molar-refractivity contribution < 1.29 is 14.7 Å². The summed E-state index contributed by atoms with van der Waals surface area (Å²) in [4.78, 5) is 23.2. The number of carbonyl (C=O) groups is 2. The second-order valence-corrected chi connectivity index (χ2v) is 4.90. The first-order valence-corrected chi connectivity index (χ1v) is 7.12. The van der Waals surface area contributed by atoms with E-state index in [-0.39, 0.29) is 0 Å². The van der Waals surface area contributed by atoms with Crippen LogP contribution in [0.2, 0.25) is 0 Å². The predicted molar refractivity (Wildman–Crippen MR) is 78.8 cm³/mol. The molecule has 0 fully saturated rings. The van der Waals surface area contributed by atoms with E-state index in [1.807, 2.05) is 6.07 Å². The van der Waals surface area contributed by atoms with E-state index in [0.717, 1.165) is 25.7 Å². The number of carboxylic acids is 1. The summed E-state index contributed by atoms with van der Waals surface area (Å²) in [5.74, 6) is -1.45. The molecule has 1 atom stereocenters. The Morgan fingerprint density at radius 2 is 1.90 bits per heavy atom. The van der Waals surface area contributed by atoms with Gasteiger partial charge in [0.2, 0.25) is 0 Å². The monoisotopic (exact) mass is 288 g/mol. The molecule has 1 aromatic carbocycles. The second kappa shape index (κ2) is 8.75. The van der Waals surface area contributed by atoms with Gasteiger partial charge in [-0.05, 0) is 30.7 Å². The SMILES string of the molecule is CCCCCC[C@H](NC(=O)c1ccc(C#N)cc1)C(=O)O. The van der Waals surface area contributed by atoms with Crippen molar-refractivity contribution in [3.63, 3.8) is 0 Å². The fourth-order valence-corrected chi connectivity index (χ4v) is 1.97. The molecule has 0 aliphatic heterocycles. The first kappa shape index (κ1) is 16.7. The van der Waals surface area contributed by atoms with Crippen LogP contribution in [-0.2, 0) is 4.79 Å². The van der Waals surface area contributed by atoms with Crippen LogP contribution in [0.5, 0.6) is 0 Å². The van der Waals surface area contributed by atoms with Crippen molar-refractivity contribution >= 4 is 11.9 Å². The Labute approximate surface area is 124 Å². The standard InChI is InChI=1S/C16H20N2O3/c1-2-3-4-5-6-14(16(20)21)18-15(19)13-9-7-12(11-17)8-10-13/h7-10,14H,2-6H2,1H3,(H,18,19)(H,20,21)/t14-/m0/s1. The summed E-state index contributed by atoms with van der Waals surface area (Å²) in [6, 6.07) is 7.20. The van der Waals surface area contributed by atoms with Crippen molar-refractivity contribution in [3.05, 3.63) is 35.4 Å². The largest absolute Gasteiger partial charge is 0.480 e. The third-order valence-electron chi connectivity index (χ3n) is 3.23. The number of hydrogen-bond acceptors (Lipinski definition) is 3. The van der Waals surface area contributed by atoms with Gasteiger partial charge in [0.15, 0.2) is 0 Å². The summed E-state index contributed by atoms with van der Waals surface area (Å²) >= 11 is 0. The molecule has 1 amide bonds. The number of rotatable bonds is 8. The molecule has 0 saturated heterocycles. The van der Waals surface area contributed by atoms with E-state index in [2.05, 4.69) is 12.2 Å². The highest BCUT2D eigenvalue weighted by Gasteiger charge is 2.20. The number of benzene rings is 1. The van der Waals surface area contributed by atoms with Crippen LogP contribution in [0.1, 0.15) is 54.9 Å². The van der Waals surface area contributed by atoms with Gasteiger partial charge < -0.3 is 10.4 Å². The maximum atomic E-state index is 12.0. The minimum Gasteiger partial charge on any atom is -0.480 e. The summed E-state index contributed by atoms with van der Waals surface area (Å²) in [7, 11) is 0. The molecule has 2 N–H and O–H groups in total. The number of nitrogens with zero attached hydrogens (tertiary/aromatic N) is 1. The van der Waals surface area contributed by atoms with Crippen molar-refractivity contribution in [3.8, 4) is 6.07 Å². The van der Waals surface area contributed by atoms with E-state index in [1.165, 1.54) is 24.3 Å². The van der Waals surface area contributed by atoms with Crippen molar-refractivity contribution in [1.82, 2.24) is 5.32 Å². The Morgan fingerprint density at radius 3 is 2.43 bits per heavy atom. The van der Waals surface area contributed by atoms with Crippen molar-refractivity contribution in [2.45, 2.75) is 45.1 Å². The zero-order valence-electron chi connectivity index (χ0n) is 12.1. The molecule has 112 valence electrons. The molecule has 0 radical (unpaired) electrons. The van der Waals surface area contributed by atoms with Gasteiger partial charge in [-0.2, -0.15) is 5.26 Å². The van der Waals surface area contributed by atoms with Gasteiger partial charge in [-0.1, -0.05) is 32.6 Å². The number of unbranched alkanes of at least 4 members (excludes halogenated alkanes) is 3. The van der Waals surface area contributed by atoms with Gasteiger partial charge in [0.05, 0.1) is 11.6 Å². The highest BCUT2D eigenvalue weighted by Crippen LogP contribution is 2.08. The van der Waals surface area contributed by atoms with Crippen LogP contribution in [0, 0.1) is 11.3 Å². The Morgan fingerprint density at radius 1 is 1.24 bits per heavy atom. The Balaban J connectivity index is 2.59. The zero-order chi connectivity index (χ0) is 15.7. The molecule has 0 aromatic heterocycles. The summed E-state index contributed by atoms with van der Waals surface area (Å²) in [5.41, 5.74) is 0.815. The highest BCUT2D eigenvalue weighted by molar-refractivity contribution is 5.96. The molecule has 0 unspecified atom stereocenters.